The van der Waals surface area contributed by atoms with Gasteiger partial charge in [-0.15, -0.1) is 0 Å². The molecule has 62 valence electrons. The number of nitrogens with zero attached hydrogens (tertiary/aromatic N) is 1. The van der Waals surface area contributed by atoms with Crippen LogP contribution in [-0.4, -0.2) is 0 Å². The Balaban J connectivity index is 2.38. The Morgan fingerprint density at radius 2 is 2.33 bits per heavy atom. The van der Waals surface area contributed by atoms with Gasteiger partial charge in [-0.1, -0.05) is 6.92 Å². The molecule has 1 saturated carbocycles. The topological polar surface area (TPSA) is 36.9 Å². The first-order valence-electron chi connectivity index (χ1n) is 4.17. The minimum atomic E-state index is -0.297. The third-order valence-electron chi connectivity index (χ3n) is 2.69. The molecule has 1 aromatic rings. The van der Waals surface area contributed by atoms with E-state index in [1.54, 1.807) is 0 Å². The molecule has 2 atom stereocenters. The van der Waals surface area contributed by atoms with Gasteiger partial charge in [0.1, 0.15) is 16.9 Å². The summed E-state index contributed by atoms with van der Waals surface area (Å²) in [7, 11) is 0. The summed E-state index contributed by atoms with van der Waals surface area (Å²) in [5, 5.41) is 8.98. The van der Waals surface area contributed by atoms with E-state index in [0.29, 0.717) is 5.92 Å². The zero-order chi connectivity index (χ0) is 8.77. The molecule has 2 heteroatoms. The summed E-state index contributed by atoms with van der Waals surface area (Å²) < 4.78 is 5.45. The number of nitriles is 1. The minimum Gasteiger partial charge on any atom is -0.465 e. The van der Waals surface area contributed by atoms with Crippen molar-refractivity contribution in [1.29, 1.82) is 5.26 Å². The largest absolute Gasteiger partial charge is 0.465 e. The van der Waals surface area contributed by atoms with Gasteiger partial charge in [0.05, 0.1) is 6.07 Å². The van der Waals surface area contributed by atoms with E-state index in [4.69, 9.17) is 9.68 Å². The van der Waals surface area contributed by atoms with E-state index in [1.807, 2.05) is 19.1 Å². The van der Waals surface area contributed by atoms with Crippen molar-refractivity contribution in [2.24, 2.45) is 5.92 Å². The molecule has 1 fully saturated rings. The number of hydrogen-bond donors (Lipinski definition) is 0. The lowest BCUT2D eigenvalue weighted by molar-refractivity contribution is 0.455. The van der Waals surface area contributed by atoms with E-state index in [-0.39, 0.29) is 5.41 Å². The lowest BCUT2D eigenvalue weighted by Crippen LogP contribution is -2.03. The summed E-state index contributed by atoms with van der Waals surface area (Å²) in [6.07, 6.45) is 0.941. The molecule has 2 unspecified atom stereocenters. The normalized spacial score (nSPS) is 32.9. The predicted molar refractivity (Wildman–Crippen MR) is 44.5 cm³/mol. The van der Waals surface area contributed by atoms with Crippen LogP contribution in [0, 0.1) is 24.2 Å². The SMILES string of the molecule is Cc1ccc(C2(C#N)CC2C)o1. The molecule has 1 aliphatic rings. The third-order valence-corrected chi connectivity index (χ3v) is 2.69. The molecule has 0 spiro atoms. The quantitative estimate of drug-likeness (QED) is 0.634. The van der Waals surface area contributed by atoms with E-state index in [9.17, 15) is 0 Å². The van der Waals surface area contributed by atoms with Crippen LogP contribution in [0.4, 0.5) is 0 Å². The lowest BCUT2D eigenvalue weighted by atomic mass is 10.0. The van der Waals surface area contributed by atoms with Crippen molar-refractivity contribution in [2.75, 3.05) is 0 Å². The van der Waals surface area contributed by atoms with Crippen LogP contribution in [0.25, 0.3) is 0 Å². The highest BCUT2D eigenvalue weighted by molar-refractivity contribution is 5.35. The number of hydrogen-bond acceptors (Lipinski definition) is 2. The van der Waals surface area contributed by atoms with Gasteiger partial charge >= 0.3 is 0 Å². The van der Waals surface area contributed by atoms with Gasteiger partial charge in [-0.25, -0.2) is 0 Å². The van der Waals surface area contributed by atoms with Crippen LogP contribution in [0.15, 0.2) is 16.5 Å². The smallest absolute Gasteiger partial charge is 0.124 e. The van der Waals surface area contributed by atoms with Crippen molar-refractivity contribution in [3.8, 4) is 6.07 Å². The van der Waals surface area contributed by atoms with Gasteiger partial charge in [-0.2, -0.15) is 5.26 Å². The first kappa shape index (κ1) is 7.42. The van der Waals surface area contributed by atoms with E-state index in [1.165, 1.54) is 0 Å². The van der Waals surface area contributed by atoms with Crippen molar-refractivity contribution in [3.63, 3.8) is 0 Å². The van der Waals surface area contributed by atoms with Crippen LogP contribution in [0.3, 0.4) is 0 Å². The summed E-state index contributed by atoms with van der Waals surface area (Å²) >= 11 is 0. The molecule has 0 aromatic carbocycles. The zero-order valence-corrected chi connectivity index (χ0v) is 7.29. The molecular weight excluding hydrogens is 150 g/mol. The van der Waals surface area contributed by atoms with Gasteiger partial charge in [0.2, 0.25) is 0 Å². The maximum Gasteiger partial charge on any atom is 0.124 e. The van der Waals surface area contributed by atoms with Crippen LogP contribution in [0.2, 0.25) is 0 Å². The van der Waals surface area contributed by atoms with Crippen molar-refractivity contribution < 1.29 is 4.42 Å². The monoisotopic (exact) mass is 161 g/mol. The Bertz CT molecular complexity index is 347. The second kappa shape index (κ2) is 2.13. The molecule has 0 saturated heterocycles. The highest BCUT2D eigenvalue weighted by atomic mass is 16.3. The van der Waals surface area contributed by atoms with Gasteiger partial charge in [0, 0.05) is 0 Å². The maximum absolute atomic E-state index is 8.98. The highest BCUT2D eigenvalue weighted by Crippen LogP contribution is 2.53. The Kier molecular flexibility index (Phi) is 1.32. The van der Waals surface area contributed by atoms with E-state index >= 15 is 0 Å². The van der Waals surface area contributed by atoms with Crippen LogP contribution >= 0.6 is 0 Å². The standard InChI is InChI=1S/C10H11NO/c1-7-5-10(7,6-11)9-4-3-8(2)12-9/h3-4,7H,5H2,1-2H3. The summed E-state index contributed by atoms with van der Waals surface area (Å²) in [4.78, 5) is 0. The Labute approximate surface area is 71.8 Å². The fourth-order valence-electron chi connectivity index (χ4n) is 1.65. The summed E-state index contributed by atoms with van der Waals surface area (Å²) in [5.74, 6) is 2.18. The zero-order valence-electron chi connectivity index (χ0n) is 7.29. The molecule has 12 heavy (non-hydrogen) atoms. The van der Waals surface area contributed by atoms with Crippen LogP contribution in [0.1, 0.15) is 24.9 Å². The molecule has 0 N–H and O–H groups in total. The average Bonchev–Trinajstić information content (AvgIpc) is 2.50. The number of furan rings is 1. The first-order valence-corrected chi connectivity index (χ1v) is 4.17. The molecule has 2 nitrogen and oxygen atoms in total. The molecule has 1 heterocycles. The average molecular weight is 161 g/mol. The molecule has 0 aliphatic heterocycles. The van der Waals surface area contributed by atoms with Crippen molar-refractivity contribution in [2.45, 2.75) is 25.7 Å². The van der Waals surface area contributed by atoms with Gasteiger partial charge in [0.25, 0.3) is 0 Å². The van der Waals surface area contributed by atoms with Crippen molar-refractivity contribution in [1.82, 2.24) is 0 Å². The van der Waals surface area contributed by atoms with Gasteiger partial charge in [0.15, 0.2) is 0 Å². The van der Waals surface area contributed by atoms with E-state index in [2.05, 4.69) is 13.0 Å². The lowest BCUT2D eigenvalue weighted by Gasteiger charge is -2.00. The van der Waals surface area contributed by atoms with Gasteiger partial charge < -0.3 is 4.42 Å². The molecule has 2 rings (SSSR count). The maximum atomic E-state index is 8.98. The highest BCUT2D eigenvalue weighted by Gasteiger charge is 2.55. The Morgan fingerprint density at radius 3 is 2.67 bits per heavy atom. The van der Waals surface area contributed by atoms with Crippen LogP contribution in [-0.2, 0) is 5.41 Å². The van der Waals surface area contributed by atoms with Gasteiger partial charge in [-0.05, 0) is 31.4 Å². The molecule has 1 aromatic heterocycles. The van der Waals surface area contributed by atoms with Gasteiger partial charge in [-0.3, -0.25) is 0 Å². The second-order valence-corrected chi connectivity index (χ2v) is 3.60. The van der Waals surface area contributed by atoms with Crippen LogP contribution in [0.5, 0.6) is 0 Å². The Hall–Kier alpha value is -1.23. The first-order chi connectivity index (χ1) is 5.69. The fraction of sp³-hybridized carbons (Fsp3) is 0.500. The third kappa shape index (κ3) is 0.797. The van der Waals surface area contributed by atoms with Crippen molar-refractivity contribution >= 4 is 0 Å². The number of aryl methyl sites for hydroxylation is 1. The van der Waals surface area contributed by atoms with E-state index in [0.717, 1.165) is 17.9 Å². The van der Waals surface area contributed by atoms with Crippen molar-refractivity contribution in [3.05, 3.63) is 23.7 Å². The molecule has 1 aliphatic carbocycles. The molecule has 0 radical (unpaired) electrons. The Morgan fingerprint density at radius 1 is 1.67 bits per heavy atom. The minimum absolute atomic E-state index is 0.297. The number of rotatable bonds is 1. The molecular formula is C10H11NO. The summed E-state index contributed by atoms with van der Waals surface area (Å²) in [6.45, 7) is 3.99. The summed E-state index contributed by atoms with van der Waals surface area (Å²) in [5.41, 5.74) is -0.297. The van der Waals surface area contributed by atoms with Crippen LogP contribution < -0.4 is 0 Å². The summed E-state index contributed by atoms with van der Waals surface area (Å²) in [6, 6.07) is 6.17. The van der Waals surface area contributed by atoms with E-state index < -0.39 is 0 Å². The molecule has 0 amide bonds. The second-order valence-electron chi connectivity index (χ2n) is 3.60. The molecule has 0 bridgehead atoms. The predicted octanol–water partition coefficient (Wildman–Crippen LogP) is 2.39. The fourth-order valence-corrected chi connectivity index (χ4v) is 1.65.